The van der Waals surface area contributed by atoms with Crippen molar-refractivity contribution in [3.8, 4) is 6.07 Å². The van der Waals surface area contributed by atoms with Gasteiger partial charge in [-0.05, 0) is 13.3 Å². The molecule has 1 fully saturated rings. The molecule has 102 valence electrons. The van der Waals surface area contributed by atoms with Crippen molar-refractivity contribution in [2.24, 2.45) is 11.3 Å². The van der Waals surface area contributed by atoms with Crippen molar-refractivity contribution in [3.05, 3.63) is 21.9 Å². The molecule has 2 rings (SSSR count). The van der Waals surface area contributed by atoms with Crippen molar-refractivity contribution in [2.45, 2.75) is 38.6 Å². The Kier molecular flexibility index (Phi) is 3.09. The Morgan fingerprint density at radius 2 is 2.32 bits per heavy atom. The quantitative estimate of drug-likeness (QED) is 0.572. The van der Waals surface area contributed by atoms with E-state index in [2.05, 4.69) is 0 Å². The second-order valence-electron chi connectivity index (χ2n) is 5.36. The zero-order chi connectivity index (χ0) is 14.3. The second kappa shape index (κ2) is 4.34. The van der Waals surface area contributed by atoms with E-state index in [1.54, 1.807) is 6.92 Å². The van der Waals surface area contributed by atoms with Gasteiger partial charge in [0.05, 0.1) is 18.6 Å². The number of allylic oxidation sites excluding steroid dienone is 2. The summed E-state index contributed by atoms with van der Waals surface area (Å²) in [6.07, 6.45) is 2.12. The summed E-state index contributed by atoms with van der Waals surface area (Å²) in [7, 11) is 0. The predicted molar refractivity (Wildman–Crippen MR) is 65.5 cm³/mol. The van der Waals surface area contributed by atoms with Crippen LogP contribution in [0.5, 0.6) is 0 Å². The van der Waals surface area contributed by atoms with E-state index in [-0.39, 0.29) is 30.0 Å². The second-order valence-corrected chi connectivity index (χ2v) is 5.36. The highest BCUT2D eigenvalue weighted by atomic mass is 16.6. The molecule has 0 amide bonds. The number of hydrogen-bond acceptors (Lipinski definition) is 5. The highest BCUT2D eigenvalue weighted by Crippen LogP contribution is 2.55. The molecule has 0 radical (unpaired) electrons. The molecule has 0 aromatic carbocycles. The summed E-state index contributed by atoms with van der Waals surface area (Å²) in [4.78, 5) is 23.2. The van der Waals surface area contributed by atoms with Crippen LogP contribution in [0.4, 0.5) is 0 Å². The summed E-state index contributed by atoms with van der Waals surface area (Å²) in [5.41, 5.74) is -2.48. The predicted octanol–water partition coefficient (Wildman–Crippen LogP) is 1.83. The number of carbonyl (C=O) groups is 1. The largest absolute Gasteiger partial charge is 0.498 e. The molecule has 0 aromatic heterocycles. The lowest BCUT2D eigenvalue weighted by molar-refractivity contribution is -0.574. The molecule has 0 heterocycles. The van der Waals surface area contributed by atoms with Crippen LogP contribution < -0.4 is 0 Å². The average molecular weight is 264 g/mol. The highest BCUT2D eigenvalue weighted by Gasteiger charge is 2.66. The minimum Gasteiger partial charge on any atom is -0.498 e. The van der Waals surface area contributed by atoms with Crippen LogP contribution in [0.2, 0.25) is 0 Å². The molecule has 0 spiro atoms. The first-order valence-corrected chi connectivity index (χ1v) is 6.34. The molecule has 6 nitrogen and oxygen atoms in total. The number of hydrogen-bond donors (Lipinski definition) is 0. The van der Waals surface area contributed by atoms with Crippen LogP contribution in [-0.4, -0.2) is 22.9 Å². The average Bonchev–Trinajstić information content (AvgIpc) is 2.67. The summed E-state index contributed by atoms with van der Waals surface area (Å²) in [5, 5.41) is 20.7. The fraction of sp³-hybridized carbons (Fsp3) is 0.692. The molecule has 0 N–H and O–H groups in total. The van der Waals surface area contributed by atoms with Gasteiger partial charge in [0.2, 0.25) is 5.54 Å². The molecule has 0 aromatic rings. The Bertz CT molecular complexity index is 507. The van der Waals surface area contributed by atoms with Crippen LogP contribution in [0, 0.1) is 32.8 Å². The van der Waals surface area contributed by atoms with Crippen molar-refractivity contribution in [1.82, 2.24) is 0 Å². The van der Waals surface area contributed by atoms with Crippen LogP contribution in [0.3, 0.4) is 0 Å². The van der Waals surface area contributed by atoms with E-state index in [9.17, 15) is 20.2 Å². The van der Waals surface area contributed by atoms with Gasteiger partial charge >= 0.3 is 0 Å². The Morgan fingerprint density at radius 3 is 2.84 bits per heavy atom. The molecular weight excluding hydrogens is 248 g/mol. The Morgan fingerprint density at radius 1 is 1.63 bits per heavy atom. The number of rotatable bonds is 3. The monoisotopic (exact) mass is 264 g/mol. The van der Waals surface area contributed by atoms with Gasteiger partial charge in [-0.15, -0.1) is 0 Å². The number of nitriles is 1. The third-order valence-corrected chi connectivity index (χ3v) is 4.45. The fourth-order valence-electron chi connectivity index (χ4n) is 3.25. The number of ketones is 1. The van der Waals surface area contributed by atoms with E-state index in [1.807, 2.05) is 6.07 Å². The third-order valence-electron chi connectivity index (χ3n) is 4.45. The van der Waals surface area contributed by atoms with Gasteiger partial charge in [-0.25, -0.2) is 0 Å². The minimum absolute atomic E-state index is 0.247. The summed E-state index contributed by atoms with van der Waals surface area (Å²) in [5.74, 6) is -0.502. The van der Waals surface area contributed by atoms with Crippen LogP contribution in [-0.2, 0) is 9.53 Å². The Balaban J connectivity index is 2.47. The van der Waals surface area contributed by atoms with Gasteiger partial charge in [-0.3, -0.25) is 14.9 Å². The van der Waals surface area contributed by atoms with Crippen molar-refractivity contribution >= 4 is 5.78 Å². The maximum atomic E-state index is 12.2. The lowest BCUT2D eigenvalue weighted by Gasteiger charge is -2.34. The molecule has 2 aliphatic carbocycles. The molecule has 6 heteroatoms. The first-order valence-electron chi connectivity index (χ1n) is 6.34. The van der Waals surface area contributed by atoms with Gasteiger partial charge in [-0.2, -0.15) is 5.26 Å². The lowest BCUT2D eigenvalue weighted by Crippen LogP contribution is -2.48. The minimum atomic E-state index is -1.25. The molecule has 0 bridgehead atoms. The molecule has 19 heavy (non-hydrogen) atoms. The summed E-state index contributed by atoms with van der Waals surface area (Å²) in [6.45, 7) is 3.72. The van der Waals surface area contributed by atoms with Crippen LogP contribution in [0.15, 0.2) is 11.8 Å². The smallest absolute Gasteiger partial charge is 0.224 e. The normalized spacial score (nSPS) is 37.2. The van der Waals surface area contributed by atoms with Crippen LogP contribution in [0.1, 0.15) is 33.1 Å². The van der Waals surface area contributed by atoms with Gasteiger partial charge in [-0.1, -0.05) is 0 Å². The fourth-order valence-corrected chi connectivity index (χ4v) is 3.25. The van der Waals surface area contributed by atoms with Gasteiger partial charge in [0.25, 0.3) is 0 Å². The van der Waals surface area contributed by atoms with Gasteiger partial charge in [0, 0.05) is 30.8 Å². The first kappa shape index (κ1) is 13.5. The molecule has 2 aliphatic rings. The van der Waals surface area contributed by atoms with Crippen LogP contribution in [0.25, 0.3) is 0 Å². The molecule has 0 saturated heterocycles. The number of nitrogens with zero attached hydrogens (tertiary/aromatic N) is 2. The van der Waals surface area contributed by atoms with Crippen LogP contribution >= 0.6 is 0 Å². The highest BCUT2D eigenvalue weighted by molar-refractivity contribution is 5.99. The van der Waals surface area contributed by atoms with Gasteiger partial charge in [0.15, 0.2) is 5.78 Å². The first-order chi connectivity index (χ1) is 8.90. The van der Waals surface area contributed by atoms with Crippen molar-refractivity contribution in [3.63, 3.8) is 0 Å². The number of ether oxygens (including phenoxy) is 1. The maximum Gasteiger partial charge on any atom is 0.224 e. The molecule has 1 saturated carbocycles. The Labute approximate surface area is 111 Å². The number of carbonyl (C=O) groups excluding carboxylic acids is 1. The standard InChI is InChI=1S/C13H16N2O4/c1-3-19-9-6-10-12(2,15(17)18)4-5-13(10,8-14)11(16)7-9/h7,10H,3-6H2,1-2H3/t10-,12+,13+/m1/s1. The molecule has 0 unspecified atom stereocenters. The van der Waals surface area contributed by atoms with E-state index in [1.165, 1.54) is 13.0 Å². The lowest BCUT2D eigenvalue weighted by atomic mass is 9.67. The zero-order valence-corrected chi connectivity index (χ0v) is 11.0. The van der Waals surface area contributed by atoms with Crippen molar-refractivity contribution in [1.29, 1.82) is 5.26 Å². The number of fused-ring (bicyclic) bond motifs is 1. The van der Waals surface area contributed by atoms with E-state index < -0.39 is 16.9 Å². The van der Waals surface area contributed by atoms with Crippen molar-refractivity contribution in [2.75, 3.05) is 6.61 Å². The molecule has 3 atom stereocenters. The van der Waals surface area contributed by atoms with Gasteiger partial charge < -0.3 is 4.74 Å². The van der Waals surface area contributed by atoms with E-state index in [0.717, 1.165) is 0 Å². The third kappa shape index (κ3) is 1.72. The van der Waals surface area contributed by atoms with Crippen molar-refractivity contribution < 1.29 is 14.5 Å². The SMILES string of the molecule is CCOC1=CC(=O)[C@]2(C#N)CC[C@](C)([N+](=O)[O-])[C@H]2C1. The van der Waals surface area contributed by atoms with Gasteiger partial charge in [0.1, 0.15) is 11.2 Å². The summed E-state index contributed by atoms with van der Waals surface area (Å²) >= 11 is 0. The number of nitro groups is 1. The molecule has 0 aliphatic heterocycles. The maximum absolute atomic E-state index is 12.2. The topological polar surface area (TPSA) is 93.2 Å². The zero-order valence-electron chi connectivity index (χ0n) is 11.0. The van der Waals surface area contributed by atoms with E-state index in [4.69, 9.17) is 4.74 Å². The van der Waals surface area contributed by atoms with E-state index >= 15 is 0 Å². The summed E-state index contributed by atoms with van der Waals surface area (Å²) < 4.78 is 5.33. The Hall–Kier alpha value is -1.90. The van der Waals surface area contributed by atoms with E-state index in [0.29, 0.717) is 12.4 Å². The molecular formula is C13H16N2O4. The summed E-state index contributed by atoms with van der Waals surface area (Å²) in [6, 6.07) is 2.05.